The summed E-state index contributed by atoms with van der Waals surface area (Å²) < 4.78 is 50.7. The van der Waals surface area contributed by atoms with E-state index in [-0.39, 0.29) is 13.2 Å². The minimum Gasteiger partial charge on any atom is -0.463 e. The van der Waals surface area contributed by atoms with Crippen LogP contribution in [0.5, 0.6) is 0 Å². The lowest BCUT2D eigenvalue weighted by molar-refractivity contribution is -0.198. The minimum atomic E-state index is -5.20. The molecule has 1 rings (SSSR count). The van der Waals surface area contributed by atoms with Gasteiger partial charge in [0.15, 0.2) is 0 Å². The molecule has 0 heterocycles. The van der Waals surface area contributed by atoms with Gasteiger partial charge in [-0.3, -0.25) is 5.32 Å². The normalized spacial score (nSPS) is 13.6. The molecular formula is C18H22F3NO4Si. The first-order valence-corrected chi connectivity index (χ1v) is 11.7. The molecule has 0 saturated heterocycles. The van der Waals surface area contributed by atoms with Gasteiger partial charge in [-0.15, -0.1) is 5.54 Å². The highest BCUT2D eigenvalue weighted by Gasteiger charge is 2.63. The fourth-order valence-electron chi connectivity index (χ4n) is 1.82. The number of ether oxygens (including phenoxy) is 2. The number of halogens is 3. The molecule has 0 aliphatic heterocycles. The van der Waals surface area contributed by atoms with Crippen molar-refractivity contribution < 1.29 is 32.2 Å². The zero-order valence-corrected chi connectivity index (χ0v) is 16.6. The molecule has 1 amide bonds. The Morgan fingerprint density at radius 3 is 2.19 bits per heavy atom. The van der Waals surface area contributed by atoms with E-state index in [1.54, 1.807) is 55.3 Å². The predicted octanol–water partition coefficient (Wildman–Crippen LogP) is 3.66. The molecule has 0 fully saturated rings. The summed E-state index contributed by atoms with van der Waals surface area (Å²) in [5.74, 6) is 0.233. The summed E-state index contributed by atoms with van der Waals surface area (Å²) >= 11 is 0. The van der Waals surface area contributed by atoms with Gasteiger partial charge in [0.2, 0.25) is 0 Å². The predicted molar refractivity (Wildman–Crippen MR) is 96.3 cm³/mol. The lowest BCUT2D eigenvalue weighted by Gasteiger charge is -2.29. The van der Waals surface area contributed by atoms with Crippen LogP contribution >= 0.6 is 0 Å². The van der Waals surface area contributed by atoms with E-state index in [4.69, 9.17) is 4.74 Å². The van der Waals surface area contributed by atoms with Crippen molar-refractivity contribution in [2.24, 2.45) is 0 Å². The van der Waals surface area contributed by atoms with E-state index in [1.807, 2.05) is 5.92 Å². The molecule has 1 atom stereocenters. The Labute approximate surface area is 157 Å². The topological polar surface area (TPSA) is 64.6 Å². The molecular weight excluding hydrogens is 379 g/mol. The summed E-state index contributed by atoms with van der Waals surface area (Å²) in [6.45, 7) is 5.93. The molecule has 27 heavy (non-hydrogen) atoms. The second-order valence-corrected chi connectivity index (χ2v) is 11.4. The fourth-order valence-corrected chi connectivity index (χ4v) is 2.39. The number of carbonyl (C=O) groups excluding carboxylic acids is 2. The Morgan fingerprint density at radius 1 is 1.11 bits per heavy atom. The fraction of sp³-hybridized carbons (Fsp3) is 0.444. The highest BCUT2D eigenvalue weighted by atomic mass is 28.3. The Kier molecular flexibility index (Phi) is 7.48. The summed E-state index contributed by atoms with van der Waals surface area (Å²) in [5, 5.41) is 1.59. The van der Waals surface area contributed by atoms with Crippen LogP contribution in [0.1, 0.15) is 12.5 Å². The number of benzene rings is 1. The summed E-state index contributed by atoms with van der Waals surface area (Å²) in [6, 6.07) is 8.40. The first kappa shape index (κ1) is 22.6. The maximum absolute atomic E-state index is 13.8. The number of hydrogen-bond donors (Lipinski definition) is 1. The number of hydrogen-bond acceptors (Lipinski definition) is 4. The molecule has 0 radical (unpaired) electrons. The first-order chi connectivity index (χ1) is 12.4. The van der Waals surface area contributed by atoms with E-state index in [1.165, 1.54) is 6.92 Å². The van der Waals surface area contributed by atoms with E-state index in [2.05, 4.69) is 10.3 Å². The van der Waals surface area contributed by atoms with Crippen molar-refractivity contribution in [2.45, 2.75) is 44.9 Å². The van der Waals surface area contributed by atoms with Crippen LogP contribution in [0, 0.1) is 11.5 Å². The Bertz CT molecular complexity index is 720. The number of amides is 1. The van der Waals surface area contributed by atoms with Crippen LogP contribution in [-0.4, -0.2) is 38.5 Å². The van der Waals surface area contributed by atoms with Gasteiger partial charge in [0, 0.05) is 0 Å². The van der Waals surface area contributed by atoms with Crippen LogP contribution < -0.4 is 5.32 Å². The second-order valence-electron chi connectivity index (χ2n) is 6.65. The van der Waals surface area contributed by atoms with Gasteiger partial charge < -0.3 is 9.47 Å². The van der Waals surface area contributed by atoms with Crippen molar-refractivity contribution in [1.29, 1.82) is 0 Å². The second kappa shape index (κ2) is 8.95. The summed E-state index contributed by atoms with van der Waals surface area (Å²) in [5.41, 5.74) is -0.425. The van der Waals surface area contributed by atoms with E-state index in [9.17, 15) is 22.8 Å². The molecule has 0 aliphatic rings. The number of alkyl halides is 3. The molecule has 1 unspecified atom stereocenters. The van der Waals surface area contributed by atoms with Gasteiger partial charge >= 0.3 is 18.2 Å². The standard InChI is InChI=1S/C18H22F3NO4Si/c1-5-25-15(23)17(18(19,20)21,11-12-27(2,3)4)22-16(24)26-13-14-9-7-6-8-10-14/h6-10H,5,13H2,1-4H3,(H,22,24). The van der Waals surface area contributed by atoms with Crippen molar-refractivity contribution in [3.63, 3.8) is 0 Å². The van der Waals surface area contributed by atoms with Crippen LogP contribution in [0.3, 0.4) is 0 Å². The van der Waals surface area contributed by atoms with Gasteiger partial charge in [-0.1, -0.05) is 55.9 Å². The van der Waals surface area contributed by atoms with Crippen molar-refractivity contribution >= 4 is 20.1 Å². The van der Waals surface area contributed by atoms with E-state index in [0.29, 0.717) is 5.56 Å². The summed E-state index contributed by atoms with van der Waals surface area (Å²) in [6.07, 6.45) is -6.62. The molecule has 5 nitrogen and oxygen atoms in total. The number of alkyl carbamates (subject to hydrolysis) is 1. The molecule has 1 aromatic rings. The van der Waals surface area contributed by atoms with Crippen LogP contribution in [-0.2, 0) is 20.9 Å². The van der Waals surface area contributed by atoms with Crippen molar-refractivity contribution in [3.05, 3.63) is 35.9 Å². The van der Waals surface area contributed by atoms with Gasteiger partial charge in [0.05, 0.1) is 6.61 Å². The SMILES string of the molecule is CCOC(=O)C(C#C[Si](C)(C)C)(NC(=O)OCc1ccccc1)C(F)(F)F. The third-order valence-corrected chi connectivity index (χ3v) is 4.01. The Balaban J connectivity index is 3.16. The first-order valence-electron chi connectivity index (χ1n) is 8.18. The molecule has 0 aliphatic carbocycles. The van der Waals surface area contributed by atoms with Gasteiger partial charge in [0.1, 0.15) is 14.7 Å². The molecule has 1 N–H and O–H groups in total. The average molecular weight is 401 g/mol. The molecule has 0 spiro atoms. The quantitative estimate of drug-likeness (QED) is 0.465. The Hall–Kier alpha value is -2.47. The molecule has 148 valence electrons. The average Bonchev–Trinajstić information content (AvgIpc) is 2.56. The van der Waals surface area contributed by atoms with E-state index < -0.39 is 31.9 Å². The smallest absolute Gasteiger partial charge is 0.434 e. The summed E-state index contributed by atoms with van der Waals surface area (Å²) in [7, 11) is -2.30. The highest BCUT2D eigenvalue weighted by molar-refractivity contribution is 6.83. The van der Waals surface area contributed by atoms with E-state index in [0.717, 1.165) is 0 Å². The maximum atomic E-state index is 13.8. The van der Waals surface area contributed by atoms with E-state index >= 15 is 0 Å². The largest absolute Gasteiger partial charge is 0.463 e. The van der Waals surface area contributed by atoms with Crippen molar-refractivity contribution in [3.8, 4) is 11.5 Å². The third kappa shape index (κ3) is 6.64. The number of nitrogens with one attached hydrogen (secondary N) is 1. The van der Waals surface area contributed by atoms with Crippen LogP contribution in [0.2, 0.25) is 19.6 Å². The van der Waals surface area contributed by atoms with Gasteiger partial charge in [0.25, 0.3) is 5.54 Å². The highest BCUT2D eigenvalue weighted by Crippen LogP contribution is 2.32. The Morgan fingerprint density at radius 2 is 1.70 bits per heavy atom. The number of carbonyl (C=O) groups is 2. The lowest BCUT2D eigenvalue weighted by Crippen LogP contribution is -2.64. The lowest BCUT2D eigenvalue weighted by atomic mass is 10.0. The van der Waals surface area contributed by atoms with Crippen LogP contribution in [0.15, 0.2) is 30.3 Å². The number of esters is 1. The van der Waals surface area contributed by atoms with Gasteiger partial charge in [-0.2, -0.15) is 13.2 Å². The zero-order valence-electron chi connectivity index (χ0n) is 15.6. The minimum absolute atomic E-state index is 0.259. The van der Waals surface area contributed by atoms with Crippen LogP contribution in [0.25, 0.3) is 0 Å². The maximum Gasteiger partial charge on any atom is 0.434 e. The molecule has 1 aromatic carbocycles. The number of rotatable bonds is 5. The molecule has 0 saturated carbocycles. The van der Waals surface area contributed by atoms with Crippen molar-refractivity contribution in [1.82, 2.24) is 5.32 Å². The van der Waals surface area contributed by atoms with Crippen LogP contribution in [0.4, 0.5) is 18.0 Å². The summed E-state index contributed by atoms with van der Waals surface area (Å²) in [4.78, 5) is 24.2. The molecule has 0 bridgehead atoms. The van der Waals surface area contributed by atoms with Gasteiger partial charge in [-0.05, 0) is 12.5 Å². The molecule has 9 heteroatoms. The van der Waals surface area contributed by atoms with Crippen molar-refractivity contribution in [2.75, 3.05) is 6.61 Å². The van der Waals surface area contributed by atoms with Gasteiger partial charge in [-0.25, -0.2) is 9.59 Å². The molecule has 0 aromatic heterocycles. The monoisotopic (exact) mass is 401 g/mol. The zero-order chi connectivity index (χ0) is 20.7. The third-order valence-electron chi connectivity index (χ3n) is 3.13.